The zero-order valence-corrected chi connectivity index (χ0v) is 14.9. The number of carbonyl (C=O) groups excluding carboxylic acids is 2. The lowest BCUT2D eigenvalue weighted by molar-refractivity contribution is -0.842. The minimum absolute atomic E-state index is 0.0693. The quantitative estimate of drug-likeness (QED) is 0.578. The molecule has 8 heteroatoms. The highest BCUT2D eigenvalue weighted by molar-refractivity contribution is 5.77. The fourth-order valence-electron chi connectivity index (χ4n) is 2.98. The van der Waals surface area contributed by atoms with Gasteiger partial charge in [-0.15, -0.1) is 0 Å². The van der Waals surface area contributed by atoms with Gasteiger partial charge in [-0.2, -0.15) is 4.79 Å². The number of benzene rings is 1. The van der Waals surface area contributed by atoms with Crippen LogP contribution in [0.2, 0.25) is 0 Å². The Morgan fingerprint density at radius 2 is 1.88 bits per heavy atom. The fourth-order valence-corrected chi connectivity index (χ4v) is 2.98. The molecule has 1 unspecified atom stereocenters. The molecular formula is C18H24NO7+. The van der Waals surface area contributed by atoms with E-state index in [0.29, 0.717) is 0 Å². The number of ether oxygens (including phenoxy) is 3. The molecule has 8 nitrogen and oxygen atoms in total. The number of hydrogen-bond acceptors (Lipinski definition) is 6. The first-order chi connectivity index (χ1) is 12.4. The number of esters is 2. The van der Waals surface area contributed by atoms with Crippen LogP contribution in [0.25, 0.3) is 0 Å². The van der Waals surface area contributed by atoms with Crippen LogP contribution in [0.3, 0.4) is 0 Å². The van der Waals surface area contributed by atoms with Gasteiger partial charge in [0.25, 0.3) is 0 Å². The zero-order chi connectivity index (χ0) is 19.2. The van der Waals surface area contributed by atoms with Crippen LogP contribution in [-0.4, -0.2) is 66.6 Å². The summed E-state index contributed by atoms with van der Waals surface area (Å²) in [5, 5.41) is 9.57. The van der Waals surface area contributed by atoms with E-state index in [9.17, 15) is 19.5 Å². The smallest absolute Gasteiger partial charge is 0.464 e. The van der Waals surface area contributed by atoms with Crippen molar-refractivity contribution in [3.8, 4) is 0 Å². The Morgan fingerprint density at radius 1 is 1.19 bits per heavy atom. The predicted octanol–water partition coefficient (Wildman–Crippen LogP) is 1.57. The van der Waals surface area contributed by atoms with Gasteiger partial charge < -0.3 is 19.3 Å². The molecule has 0 aliphatic carbocycles. The summed E-state index contributed by atoms with van der Waals surface area (Å²) in [6, 6.07) is 8.25. The first-order valence-corrected chi connectivity index (χ1v) is 8.43. The Morgan fingerprint density at radius 3 is 2.50 bits per heavy atom. The highest BCUT2D eigenvalue weighted by atomic mass is 16.6. The maximum absolute atomic E-state index is 12.5. The van der Waals surface area contributed by atoms with Crippen LogP contribution in [0, 0.1) is 0 Å². The van der Waals surface area contributed by atoms with Crippen molar-refractivity contribution in [1.82, 2.24) is 0 Å². The highest BCUT2D eigenvalue weighted by Crippen LogP contribution is 2.29. The summed E-state index contributed by atoms with van der Waals surface area (Å²) < 4.78 is 15.0. The summed E-state index contributed by atoms with van der Waals surface area (Å²) in [6.45, 7) is 1.79. The molecule has 26 heavy (non-hydrogen) atoms. The van der Waals surface area contributed by atoms with Crippen molar-refractivity contribution in [1.29, 1.82) is 0 Å². The lowest BCUT2D eigenvalue weighted by atomic mass is 10.2. The summed E-state index contributed by atoms with van der Waals surface area (Å²) in [5.74, 6) is -1.12. The van der Waals surface area contributed by atoms with Gasteiger partial charge in [-0.3, -0.25) is 0 Å². The number of carbonyl (C=O) groups is 3. The van der Waals surface area contributed by atoms with Crippen molar-refractivity contribution in [2.75, 3.05) is 26.8 Å². The normalized spacial score (nSPS) is 24.8. The summed E-state index contributed by atoms with van der Waals surface area (Å²) in [6.07, 6.45) is -1.53. The lowest BCUT2D eigenvalue weighted by Crippen LogP contribution is -2.55. The molecule has 0 saturated carbocycles. The van der Waals surface area contributed by atoms with Gasteiger partial charge in [-0.1, -0.05) is 30.3 Å². The standard InChI is InChI=1S/C18H23NO7/c1-3-24-16(20)12-25-14-9-15(19(2,10-14)18(22)23)17(21)26-11-13-7-5-4-6-8-13/h4-8,14-15H,3,9-12H2,1-2H3/p+1/t14-,15+,19?/m1/s1. The number of carboxylic acid groups (broad SMARTS) is 1. The second kappa shape index (κ2) is 8.77. The monoisotopic (exact) mass is 366 g/mol. The average molecular weight is 366 g/mol. The van der Waals surface area contributed by atoms with Crippen molar-refractivity contribution in [3.05, 3.63) is 35.9 Å². The van der Waals surface area contributed by atoms with E-state index >= 15 is 0 Å². The number of likely N-dealkylation sites (tertiary alicyclic amines) is 1. The molecule has 1 aliphatic rings. The van der Waals surface area contributed by atoms with Gasteiger partial charge >= 0.3 is 18.0 Å². The summed E-state index contributed by atoms with van der Waals surface area (Å²) in [7, 11) is 1.45. The third-order valence-electron chi connectivity index (χ3n) is 4.43. The van der Waals surface area contributed by atoms with Gasteiger partial charge in [0.15, 0.2) is 6.04 Å². The van der Waals surface area contributed by atoms with Crippen molar-refractivity contribution in [3.63, 3.8) is 0 Å². The molecule has 1 fully saturated rings. The van der Waals surface area contributed by atoms with Crippen LogP contribution in [0.15, 0.2) is 30.3 Å². The minimum atomic E-state index is -1.14. The number of nitrogens with zero attached hydrogens (tertiary/aromatic N) is 1. The van der Waals surface area contributed by atoms with Crippen molar-refractivity contribution in [2.24, 2.45) is 0 Å². The largest absolute Gasteiger partial charge is 0.514 e. The SMILES string of the molecule is CCOC(=O)CO[C@@H]1C[C@@H](C(=O)OCc2ccccc2)[N+](C)(C(=O)O)C1. The molecule has 3 atom stereocenters. The van der Waals surface area contributed by atoms with Gasteiger partial charge in [-0.25, -0.2) is 14.1 Å². The van der Waals surface area contributed by atoms with Gasteiger partial charge in [-0.05, 0) is 12.5 Å². The van der Waals surface area contributed by atoms with Crippen molar-refractivity contribution in [2.45, 2.75) is 32.1 Å². The van der Waals surface area contributed by atoms with E-state index in [2.05, 4.69) is 0 Å². The molecule has 1 aromatic rings. The van der Waals surface area contributed by atoms with Crippen LogP contribution in [0.1, 0.15) is 18.9 Å². The number of likely N-dealkylation sites (N-methyl/N-ethyl adjacent to an activating group) is 1. The Kier molecular flexibility index (Phi) is 6.70. The van der Waals surface area contributed by atoms with Crippen LogP contribution in [-0.2, 0) is 30.4 Å². The average Bonchev–Trinajstić information content (AvgIpc) is 2.97. The molecule has 0 spiro atoms. The van der Waals surface area contributed by atoms with Crippen LogP contribution < -0.4 is 0 Å². The van der Waals surface area contributed by atoms with E-state index in [0.717, 1.165) is 5.56 Å². The van der Waals surface area contributed by atoms with E-state index in [1.54, 1.807) is 6.92 Å². The van der Waals surface area contributed by atoms with E-state index in [1.165, 1.54) is 7.05 Å². The van der Waals surface area contributed by atoms with E-state index in [4.69, 9.17) is 14.2 Å². The third kappa shape index (κ3) is 4.80. The number of quaternary nitrogens is 1. The molecule has 2 rings (SSSR count). The topological polar surface area (TPSA) is 99.1 Å². The molecule has 1 saturated heterocycles. The first kappa shape index (κ1) is 19.9. The molecular weight excluding hydrogens is 342 g/mol. The van der Waals surface area contributed by atoms with Crippen LogP contribution >= 0.6 is 0 Å². The van der Waals surface area contributed by atoms with E-state index < -0.39 is 34.7 Å². The second-order valence-corrected chi connectivity index (χ2v) is 6.32. The fraction of sp³-hybridized carbons (Fsp3) is 0.500. The number of amides is 1. The molecule has 0 radical (unpaired) electrons. The van der Waals surface area contributed by atoms with Gasteiger partial charge in [0.1, 0.15) is 25.9 Å². The Labute approximate surface area is 151 Å². The Bertz CT molecular complexity index is 648. The van der Waals surface area contributed by atoms with Crippen molar-refractivity contribution < 1.29 is 38.2 Å². The zero-order valence-electron chi connectivity index (χ0n) is 14.9. The molecule has 1 heterocycles. The molecule has 0 bridgehead atoms. The van der Waals surface area contributed by atoms with E-state index in [-0.39, 0.29) is 32.8 Å². The molecule has 142 valence electrons. The van der Waals surface area contributed by atoms with E-state index in [1.807, 2.05) is 30.3 Å². The molecule has 1 aliphatic heterocycles. The third-order valence-corrected chi connectivity index (χ3v) is 4.43. The molecule has 1 amide bonds. The van der Waals surface area contributed by atoms with Gasteiger partial charge in [0, 0.05) is 6.42 Å². The first-order valence-electron chi connectivity index (χ1n) is 8.43. The van der Waals surface area contributed by atoms with Gasteiger partial charge in [0.2, 0.25) is 0 Å². The second-order valence-electron chi connectivity index (χ2n) is 6.32. The lowest BCUT2D eigenvalue weighted by Gasteiger charge is -2.28. The maximum atomic E-state index is 12.5. The summed E-state index contributed by atoms with van der Waals surface area (Å²) in [5.41, 5.74) is 0.818. The maximum Gasteiger partial charge on any atom is 0.514 e. The predicted molar refractivity (Wildman–Crippen MR) is 90.1 cm³/mol. The number of hydrogen-bond donors (Lipinski definition) is 1. The van der Waals surface area contributed by atoms with Crippen molar-refractivity contribution >= 4 is 18.0 Å². The summed E-state index contributed by atoms with van der Waals surface area (Å²) >= 11 is 0. The summed E-state index contributed by atoms with van der Waals surface area (Å²) in [4.78, 5) is 35.6. The number of rotatable bonds is 7. The highest BCUT2D eigenvalue weighted by Gasteiger charge is 2.54. The Balaban J connectivity index is 1.98. The van der Waals surface area contributed by atoms with Gasteiger partial charge in [0.05, 0.1) is 13.7 Å². The molecule has 1 aromatic carbocycles. The minimum Gasteiger partial charge on any atom is -0.464 e. The molecule has 1 N–H and O–H groups in total. The van der Waals surface area contributed by atoms with Crippen LogP contribution in [0.4, 0.5) is 4.79 Å². The van der Waals surface area contributed by atoms with Crippen LogP contribution in [0.5, 0.6) is 0 Å². The Hall–Kier alpha value is -2.45. The molecule has 0 aromatic heterocycles.